The van der Waals surface area contributed by atoms with E-state index in [0.29, 0.717) is 18.7 Å². The van der Waals surface area contributed by atoms with E-state index in [0.717, 1.165) is 0 Å². The molecule has 0 spiro atoms. The zero-order valence-corrected chi connectivity index (χ0v) is 11.2. The molecule has 1 fully saturated rings. The Morgan fingerprint density at radius 2 is 2.37 bits per heavy atom. The Hall–Kier alpha value is -1.17. The van der Waals surface area contributed by atoms with E-state index in [1.54, 1.807) is 4.90 Å². The highest BCUT2D eigenvalue weighted by molar-refractivity contribution is 6.31. The zero-order valence-electron chi connectivity index (χ0n) is 10.5. The second-order valence-electron chi connectivity index (χ2n) is 4.57. The van der Waals surface area contributed by atoms with E-state index in [-0.39, 0.29) is 29.7 Å². The fourth-order valence-corrected chi connectivity index (χ4v) is 2.19. The van der Waals surface area contributed by atoms with Gasteiger partial charge in [0.15, 0.2) is 0 Å². The van der Waals surface area contributed by atoms with Gasteiger partial charge in [0.2, 0.25) is 0 Å². The molecule has 0 aliphatic carbocycles. The lowest BCUT2D eigenvalue weighted by Gasteiger charge is -2.37. The van der Waals surface area contributed by atoms with Crippen molar-refractivity contribution in [3.8, 4) is 0 Å². The van der Waals surface area contributed by atoms with Crippen molar-refractivity contribution in [1.29, 1.82) is 0 Å². The number of nitrogens with zero attached hydrogens (tertiary/aromatic N) is 1. The van der Waals surface area contributed by atoms with Crippen LogP contribution in [-0.2, 0) is 4.74 Å². The van der Waals surface area contributed by atoms with E-state index in [2.05, 4.69) is 0 Å². The van der Waals surface area contributed by atoms with Gasteiger partial charge in [-0.2, -0.15) is 0 Å². The first-order valence-electron chi connectivity index (χ1n) is 6.01. The third kappa shape index (κ3) is 3.05. The molecule has 0 unspecified atom stereocenters. The molecule has 19 heavy (non-hydrogen) atoms. The summed E-state index contributed by atoms with van der Waals surface area (Å²) in [5.74, 6) is -0.794. The number of amides is 1. The van der Waals surface area contributed by atoms with E-state index < -0.39 is 5.82 Å². The molecule has 6 heteroatoms. The number of morpholine rings is 1. The number of hydrogen-bond donors (Lipinski definition) is 1. The molecule has 2 rings (SSSR count). The Bertz CT molecular complexity index is 483. The number of aliphatic hydroxyl groups is 1. The smallest absolute Gasteiger partial charge is 0.254 e. The van der Waals surface area contributed by atoms with Crippen molar-refractivity contribution < 1.29 is 19.0 Å². The summed E-state index contributed by atoms with van der Waals surface area (Å²) in [4.78, 5) is 13.9. The van der Waals surface area contributed by atoms with Crippen LogP contribution in [0.3, 0.4) is 0 Å². The molecule has 0 radical (unpaired) electrons. The summed E-state index contributed by atoms with van der Waals surface area (Å²) >= 11 is 5.68. The number of ether oxygens (including phenoxy) is 1. The van der Waals surface area contributed by atoms with Crippen molar-refractivity contribution in [3.63, 3.8) is 0 Å². The number of benzene rings is 1. The predicted molar refractivity (Wildman–Crippen MR) is 68.7 cm³/mol. The van der Waals surface area contributed by atoms with Crippen molar-refractivity contribution in [3.05, 3.63) is 34.6 Å². The molecular weight excluding hydrogens is 273 g/mol. The van der Waals surface area contributed by atoms with Crippen LogP contribution in [0.2, 0.25) is 5.02 Å². The highest BCUT2D eigenvalue weighted by Crippen LogP contribution is 2.20. The number of halogens is 2. The molecule has 0 saturated carbocycles. The van der Waals surface area contributed by atoms with Crippen molar-refractivity contribution in [1.82, 2.24) is 4.90 Å². The molecule has 1 N–H and O–H groups in total. The molecule has 1 aromatic carbocycles. The lowest BCUT2D eigenvalue weighted by atomic mass is 10.1. The highest BCUT2D eigenvalue weighted by atomic mass is 35.5. The average Bonchev–Trinajstić information content (AvgIpc) is 2.41. The van der Waals surface area contributed by atoms with Crippen LogP contribution in [0.5, 0.6) is 0 Å². The summed E-state index contributed by atoms with van der Waals surface area (Å²) < 4.78 is 18.5. The van der Waals surface area contributed by atoms with Crippen molar-refractivity contribution in [2.24, 2.45) is 0 Å². The third-order valence-corrected chi connectivity index (χ3v) is 3.43. The van der Waals surface area contributed by atoms with E-state index >= 15 is 0 Å². The number of aliphatic hydroxyl groups excluding tert-OH is 1. The van der Waals surface area contributed by atoms with E-state index in [9.17, 15) is 9.18 Å². The largest absolute Gasteiger partial charge is 0.394 e. The molecule has 1 aromatic rings. The average molecular weight is 288 g/mol. The van der Waals surface area contributed by atoms with Crippen LogP contribution < -0.4 is 0 Å². The van der Waals surface area contributed by atoms with E-state index in [4.69, 9.17) is 21.4 Å². The van der Waals surface area contributed by atoms with Crippen molar-refractivity contribution in [2.45, 2.75) is 19.1 Å². The molecule has 1 aliphatic heterocycles. The molecule has 1 aliphatic rings. The first-order valence-corrected chi connectivity index (χ1v) is 6.39. The molecule has 1 saturated heterocycles. The minimum Gasteiger partial charge on any atom is -0.394 e. The summed E-state index contributed by atoms with van der Waals surface area (Å²) in [6.45, 7) is 2.40. The number of hydrogen-bond acceptors (Lipinski definition) is 3. The van der Waals surface area contributed by atoms with Gasteiger partial charge < -0.3 is 14.7 Å². The van der Waals surface area contributed by atoms with Gasteiger partial charge >= 0.3 is 0 Å². The molecule has 1 heterocycles. The normalized spacial score (nSPS) is 23.5. The first-order chi connectivity index (χ1) is 9.02. The molecule has 4 nitrogen and oxygen atoms in total. The van der Waals surface area contributed by atoms with Gasteiger partial charge in [0, 0.05) is 12.1 Å². The standard InChI is InChI=1S/C13H15ClFNO3/c1-8-7-19-10(6-17)5-16(8)13(18)9-2-3-12(15)11(14)4-9/h2-4,8,10,17H,5-7H2,1H3/t8-,10-/m0/s1. The fraction of sp³-hybridized carbons (Fsp3) is 0.462. The maximum atomic E-state index is 13.1. The Balaban J connectivity index is 2.19. The molecule has 2 atom stereocenters. The van der Waals surface area contributed by atoms with Gasteiger partial charge in [0.25, 0.3) is 5.91 Å². The number of rotatable bonds is 2. The van der Waals surface area contributed by atoms with Gasteiger partial charge in [-0.1, -0.05) is 11.6 Å². The third-order valence-electron chi connectivity index (χ3n) is 3.14. The quantitative estimate of drug-likeness (QED) is 0.901. The molecular formula is C13H15ClFNO3. The van der Waals surface area contributed by atoms with E-state index in [1.165, 1.54) is 18.2 Å². The Labute approximate surface area is 115 Å². The lowest BCUT2D eigenvalue weighted by Crippen LogP contribution is -2.52. The van der Waals surface area contributed by atoms with Crippen molar-refractivity contribution in [2.75, 3.05) is 19.8 Å². The second kappa shape index (κ2) is 5.86. The first kappa shape index (κ1) is 14.2. The van der Waals surface area contributed by atoms with Crippen LogP contribution in [0, 0.1) is 5.82 Å². The highest BCUT2D eigenvalue weighted by Gasteiger charge is 2.30. The topological polar surface area (TPSA) is 49.8 Å². The van der Waals surface area contributed by atoms with Gasteiger partial charge in [0.05, 0.1) is 30.4 Å². The van der Waals surface area contributed by atoms with Gasteiger partial charge in [-0.05, 0) is 25.1 Å². The zero-order chi connectivity index (χ0) is 14.0. The maximum absolute atomic E-state index is 13.1. The van der Waals surface area contributed by atoms with Gasteiger partial charge in [-0.3, -0.25) is 4.79 Å². The number of carbonyl (C=O) groups excluding carboxylic acids is 1. The van der Waals surface area contributed by atoms with Crippen LogP contribution in [-0.4, -0.2) is 47.8 Å². The van der Waals surface area contributed by atoms with Gasteiger partial charge in [-0.25, -0.2) is 4.39 Å². The SMILES string of the molecule is C[C@H]1CO[C@H](CO)CN1C(=O)c1ccc(F)c(Cl)c1. The predicted octanol–water partition coefficient (Wildman–Crippen LogP) is 1.70. The van der Waals surface area contributed by atoms with Crippen LogP contribution in [0.1, 0.15) is 17.3 Å². The number of carbonyl (C=O) groups is 1. The maximum Gasteiger partial charge on any atom is 0.254 e. The molecule has 0 aromatic heterocycles. The summed E-state index contributed by atoms with van der Waals surface area (Å²) in [6.07, 6.45) is -0.379. The molecule has 0 bridgehead atoms. The Kier molecular flexibility index (Phi) is 4.39. The molecule has 104 valence electrons. The Morgan fingerprint density at radius 3 is 3.00 bits per heavy atom. The second-order valence-corrected chi connectivity index (χ2v) is 4.98. The molecule has 1 amide bonds. The van der Waals surface area contributed by atoms with Crippen molar-refractivity contribution >= 4 is 17.5 Å². The van der Waals surface area contributed by atoms with Crippen LogP contribution >= 0.6 is 11.6 Å². The van der Waals surface area contributed by atoms with Crippen LogP contribution in [0.15, 0.2) is 18.2 Å². The van der Waals surface area contributed by atoms with Gasteiger partial charge in [-0.15, -0.1) is 0 Å². The van der Waals surface area contributed by atoms with E-state index in [1.807, 2.05) is 6.92 Å². The summed E-state index contributed by atoms with van der Waals surface area (Å²) in [7, 11) is 0. The monoisotopic (exact) mass is 287 g/mol. The summed E-state index contributed by atoms with van der Waals surface area (Å²) in [5.41, 5.74) is 0.330. The summed E-state index contributed by atoms with van der Waals surface area (Å²) in [5, 5.41) is 9.02. The lowest BCUT2D eigenvalue weighted by molar-refractivity contribution is -0.0667. The summed E-state index contributed by atoms with van der Waals surface area (Å²) in [6, 6.07) is 3.79. The van der Waals surface area contributed by atoms with Gasteiger partial charge in [0.1, 0.15) is 5.82 Å². The minimum absolute atomic E-state index is 0.0783. The van der Waals surface area contributed by atoms with Crippen LogP contribution in [0.4, 0.5) is 4.39 Å². The minimum atomic E-state index is -0.554. The fourth-order valence-electron chi connectivity index (χ4n) is 2.01. The van der Waals surface area contributed by atoms with Crippen LogP contribution in [0.25, 0.3) is 0 Å². The Morgan fingerprint density at radius 1 is 1.63 bits per heavy atom.